The molecular formula is C12H17ClN2O3S. The van der Waals surface area contributed by atoms with Crippen LogP contribution in [0.5, 0.6) is 0 Å². The predicted molar refractivity (Wildman–Crippen MR) is 75.6 cm³/mol. The first-order chi connectivity index (χ1) is 8.88. The SMILES string of the molecule is CC(C)CC(NC(=O)NCc1ccc(Cl)s1)C(=O)O. The number of carbonyl (C=O) groups excluding carboxylic acids is 1. The van der Waals surface area contributed by atoms with Crippen LogP contribution in [0.2, 0.25) is 4.34 Å². The Morgan fingerprint density at radius 2 is 2.11 bits per heavy atom. The van der Waals surface area contributed by atoms with E-state index in [1.807, 2.05) is 19.9 Å². The molecule has 1 aromatic heterocycles. The molecule has 0 aliphatic heterocycles. The van der Waals surface area contributed by atoms with Crippen molar-refractivity contribution < 1.29 is 14.7 Å². The molecule has 0 aliphatic carbocycles. The molecule has 1 heterocycles. The second-order valence-corrected chi connectivity index (χ2v) is 6.35. The van der Waals surface area contributed by atoms with Gasteiger partial charge in [-0.05, 0) is 24.5 Å². The third-order valence-corrected chi connectivity index (χ3v) is 3.59. The molecule has 0 spiro atoms. The Hall–Kier alpha value is -1.27. The van der Waals surface area contributed by atoms with Crippen molar-refractivity contribution in [2.24, 2.45) is 5.92 Å². The number of carbonyl (C=O) groups is 2. The number of rotatable bonds is 6. The fraction of sp³-hybridized carbons (Fsp3) is 0.500. The molecule has 0 bridgehead atoms. The molecule has 1 aromatic rings. The van der Waals surface area contributed by atoms with Crippen molar-refractivity contribution in [3.05, 3.63) is 21.3 Å². The number of aliphatic carboxylic acids is 1. The van der Waals surface area contributed by atoms with E-state index in [0.717, 1.165) is 4.88 Å². The van der Waals surface area contributed by atoms with E-state index in [9.17, 15) is 9.59 Å². The Morgan fingerprint density at radius 3 is 2.58 bits per heavy atom. The maximum atomic E-state index is 11.6. The third kappa shape index (κ3) is 5.94. The molecule has 7 heteroatoms. The maximum Gasteiger partial charge on any atom is 0.326 e. The van der Waals surface area contributed by atoms with Gasteiger partial charge < -0.3 is 15.7 Å². The summed E-state index contributed by atoms with van der Waals surface area (Å²) in [6, 6.07) is 2.21. The highest BCUT2D eigenvalue weighted by Crippen LogP contribution is 2.20. The minimum absolute atomic E-state index is 0.192. The van der Waals surface area contributed by atoms with E-state index in [0.29, 0.717) is 17.3 Å². The Kier molecular flexibility index (Phi) is 6.11. The number of amides is 2. The number of thiophene rings is 1. The van der Waals surface area contributed by atoms with E-state index in [-0.39, 0.29) is 5.92 Å². The lowest BCUT2D eigenvalue weighted by Crippen LogP contribution is -2.46. The number of nitrogens with one attached hydrogen (secondary N) is 2. The highest BCUT2D eigenvalue weighted by atomic mass is 35.5. The highest BCUT2D eigenvalue weighted by molar-refractivity contribution is 7.16. The Balaban J connectivity index is 2.42. The molecule has 0 aliphatic rings. The fourth-order valence-corrected chi connectivity index (χ4v) is 2.54. The van der Waals surface area contributed by atoms with Crippen LogP contribution in [0.1, 0.15) is 25.1 Å². The third-order valence-electron chi connectivity index (χ3n) is 2.36. The summed E-state index contributed by atoms with van der Waals surface area (Å²) in [6.07, 6.45) is 0.396. The largest absolute Gasteiger partial charge is 0.480 e. The first kappa shape index (κ1) is 15.8. The Morgan fingerprint density at radius 1 is 1.42 bits per heavy atom. The smallest absolute Gasteiger partial charge is 0.326 e. The summed E-state index contributed by atoms with van der Waals surface area (Å²) in [6.45, 7) is 4.14. The molecule has 2 amide bonds. The molecule has 1 atom stereocenters. The van der Waals surface area contributed by atoms with E-state index in [1.54, 1.807) is 6.07 Å². The molecule has 5 nitrogen and oxygen atoms in total. The van der Waals surface area contributed by atoms with Crippen molar-refractivity contribution in [2.45, 2.75) is 32.9 Å². The first-order valence-electron chi connectivity index (χ1n) is 5.90. The quantitative estimate of drug-likeness (QED) is 0.756. The van der Waals surface area contributed by atoms with Gasteiger partial charge >= 0.3 is 12.0 Å². The number of hydrogen-bond acceptors (Lipinski definition) is 3. The van der Waals surface area contributed by atoms with Gasteiger partial charge in [-0.25, -0.2) is 9.59 Å². The summed E-state index contributed by atoms with van der Waals surface area (Å²) in [5.41, 5.74) is 0. The van der Waals surface area contributed by atoms with E-state index in [2.05, 4.69) is 10.6 Å². The van der Waals surface area contributed by atoms with Crippen LogP contribution in [0, 0.1) is 5.92 Å². The van der Waals surface area contributed by atoms with Crippen LogP contribution < -0.4 is 10.6 Å². The maximum absolute atomic E-state index is 11.6. The lowest BCUT2D eigenvalue weighted by molar-refractivity contribution is -0.139. The molecular weight excluding hydrogens is 288 g/mol. The van der Waals surface area contributed by atoms with Gasteiger partial charge in [0.05, 0.1) is 10.9 Å². The molecule has 1 unspecified atom stereocenters. The molecule has 0 saturated heterocycles. The van der Waals surface area contributed by atoms with Gasteiger partial charge in [-0.15, -0.1) is 11.3 Å². The average molecular weight is 305 g/mol. The number of hydrogen-bond donors (Lipinski definition) is 3. The molecule has 0 saturated carbocycles. The first-order valence-corrected chi connectivity index (χ1v) is 7.09. The van der Waals surface area contributed by atoms with Gasteiger partial charge in [-0.3, -0.25) is 0 Å². The fourth-order valence-electron chi connectivity index (χ4n) is 1.52. The van der Waals surface area contributed by atoms with Crippen LogP contribution in [0.4, 0.5) is 4.79 Å². The molecule has 0 fully saturated rings. The Labute approximate surface area is 121 Å². The van der Waals surface area contributed by atoms with Gasteiger partial charge in [-0.1, -0.05) is 25.4 Å². The zero-order valence-electron chi connectivity index (χ0n) is 10.8. The monoisotopic (exact) mass is 304 g/mol. The standard InChI is InChI=1S/C12H17ClN2O3S/c1-7(2)5-9(11(16)17)15-12(18)14-6-8-3-4-10(13)19-8/h3-4,7,9H,5-6H2,1-2H3,(H,16,17)(H2,14,15,18). The summed E-state index contributed by atoms with van der Waals surface area (Å²) in [4.78, 5) is 23.5. The summed E-state index contributed by atoms with van der Waals surface area (Å²) in [5, 5.41) is 14.1. The van der Waals surface area contributed by atoms with Crippen LogP contribution in [-0.4, -0.2) is 23.1 Å². The lowest BCUT2D eigenvalue weighted by Gasteiger charge is -2.16. The van der Waals surface area contributed by atoms with Gasteiger partial charge in [0.2, 0.25) is 0 Å². The Bertz CT molecular complexity index is 448. The van der Waals surface area contributed by atoms with Crippen molar-refractivity contribution in [3.63, 3.8) is 0 Å². The zero-order valence-corrected chi connectivity index (χ0v) is 12.3. The van der Waals surface area contributed by atoms with E-state index >= 15 is 0 Å². The van der Waals surface area contributed by atoms with Crippen molar-refractivity contribution in [1.29, 1.82) is 0 Å². The van der Waals surface area contributed by atoms with Crippen LogP contribution >= 0.6 is 22.9 Å². The second-order valence-electron chi connectivity index (χ2n) is 4.55. The number of halogens is 1. The van der Waals surface area contributed by atoms with Crippen LogP contribution in [-0.2, 0) is 11.3 Å². The molecule has 3 N–H and O–H groups in total. The molecule has 1 rings (SSSR count). The molecule has 106 valence electrons. The lowest BCUT2D eigenvalue weighted by atomic mass is 10.0. The van der Waals surface area contributed by atoms with Crippen LogP contribution in [0.3, 0.4) is 0 Å². The van der Waals surface area contributed by atoms with Crippen molar-refractivity contribution in [2.75, 3.05) is 0 Å². The van der Waals surface area contributed by atoms with E-state index in [1.165, 1.54) is 11.3 Å². The van der Waals surface area contributed by atoms with Crippen LogP contribution in [0.25, 0.3) is 0 Å². The second kappa shape index (κ2) is 7.35. The van der Waals surface area contributed by atoms with Gasteiger partial charge in [0.15, 0.2) is 0 Å². The summed E-state index contributed by atoms with van der Waals surface area (Å²) in [5.74, 6) is -0.833. The van der Waals surface area contributed by atoms with Gasteiger partial charge in [0, 0.05) is 4.88 Å². The van der Waals surface area contributed by atoms with Crippen LogP contribution in [0.15, 0.2) is 12.1 Å². The summed E-state index contributed by atoms with van der Waals surface area (Å²) < 4.78 is 0.653. The molecule has 0 aromatic carbocycles. The number of urea groups is 1. The molecule has 0 radical (unpaired) electrons. The minimum atomic E-state index is -1.02. The number of carboxylic acids is 1. The summed E-state index contributed by atoms with van der Waals surface area (Å²) in [7, 11) is 0. The minimum Gasteiger partial charge on any atom is -0.480 e. The summed E-state index contributed by atoms with van der Waals surface area (Å²) >= 11 is 7.14. The average Bonchev–Trinajstić information content (AvgIpc) is 2.71. The van der Waals surface area contributed by atoms with Crippen molar-refractivity contribution in [3.8, 4) is 0 Å². The van der Waals surface area contributed by atoms with E-state index < -0.39 is 18.0 Å². The van der Waals surface area contributed by atoms with E-state index in [4.69, 9.17) is 16.7 Å². The predicted octanol–water partition coefficient (Wildman–Crippen LogP) is 2.70. The topological polar surface area (TPSA) is 78.4 Å². The van der Waals surface area contributed by atoms with Gasteiger partial charge in [0.25, 0.3) is 0 Å². The van der Waals surface area contributed by atoms with Gasteiger partial charge in [-0.2, -0.15) is 0 Å². The number of carboxylic acid groups (broad SMARTS) is 1. The normalized spacial score (nSPS) is 12.2. The van der Waals surface area contributed by atoms with Crippen molar-refractivity contribution in [1.82, 2.24) is 10.6 Å². The highest BCUT2D eigenvalue weighted by Gasteiger charge is 2.20. The zero-order chi connectivity index (χ0) is 14.4. The van der Waals surface area contributed by atoms with Gasteiger partial charge in [0.1, 0.15) is 6.04 Å². The molecule has 19 heavy (non-hydrogen) atoms. The van der Waals surface area contributed by atoms with Crippen molar-refractivity contribution >= 4 is 34.9 Å².